The highest BCUT2D eigenvalue weighted by Crippen LogP contribution is 2.15. The molecule has 0 bridgehead atoms. The quantitative estimate of drug-likeness (QED) is 0.759. The molecule has 0 spiro atoms. The highest BCUT2D eigenvalue weighted by molar-refractivity contribution is 5.73. The van der Waals surface area contributed by atoms with Gasteiger partial charge in [0.05, 0.1) is 11.8 Å². The Morgan fingerprint density at radius 3 is 2.74 bits per heavy atom. The summed E-state index contributed by atoms with van der Waals surface area (Å²) >= 11 is 0. The number of nitrogens with zero attached hydrogens (tertiary/aromatic N) is 1. The predicted molar refractivity (Wildman–Crippen MR) is 82.4 cm³/mol. The molecule has 6 nitrogen and oxygen atoms in total. The van der Waals surface area contributed by atoms with E-state index >= 15 is 0 Å². The van der Waals surface area contributed by atoms with Crippen molar-refractivity contribution in [3.63, 3.8) is 0 Å². The molecule has 3 N–H and O–H groups in total. The van der Waals surface area contributed by atoms with E-state index in [0.717, 1.165) is 17.0 Å². The van der Waals surface area contributed by atoms with Crippen LogP contribution in [-0.4, -0.2) is 29.4 Å². The van der Waals surface area contributed by atoms with Crippen molar-refractivity contribution in [2.75, 3.05) is 13.1 Å². The number of nitrogens with one attached hydrogen (secondary N) is 2. The van der Waals surface area contributed by atoms with E-state index in [1.165, 1.54) is 12.1 Å². The first-order valence-corrected chi connectivity index (χ1v) is 7.35. The first kappa shape index (κ1) is 17.0. The molecule has 23 heavy (non-hydrogen) atoms. The Morgan fingerprint density at radius 1 is 1.35 bits per heavy atom. The van der Waals surface area contributed by atoms with E-state index in [-0.39, 0.29) is 12.1 Å². The van der Waals surface area contributed by atoms with Gasteiger partial charge in [0.1, 0.15) is 11.6 Å². The minimum atomic E-state index is -1.09. The Bertz CT molecular complexity index is 653. The van der Waals surface area contributed by atoms with E-state index < -0.39 is 18.0 Å². The molecule has 0 fully saturated rings. The molecule has 1 unspecified atom stereocenters. The lowest BCUT2D eigenvalue weighted by molar-refractivity contribution is 0.169. The lowest BCUT2D eigenvalue weighted by Crippen LogP contribution is -2.38. The van der Waals surface area contributed by atoms with Crippen LogP contribution in [0.1, 0.15) is 28.7 Å². The number of carbonyl (C=O) groups excluding carboxylic acids is 1. The van der Waals surface area contributed by atoms with E-state index in [2.05, 4.69) is 15.8 Å². The summed E-state index contributed by atoms with van der Waals surface area (Å²) in [5, 5.41) is 18.9. The molecule has 0 saturated carbocycles. The van der Waals surface area contributed by atoms with Crippen LogP contribution in [-0.2, 0) is 6.42 Å². The van der Waals surface area contributed by atoms with Crippen LogP contribution in [0.5, 0.6) is 0 Å². The second kappa shape index (κ2) is 7.73. The zero-order valence-electron chi connectivity index (χ0n) is 13.1. The van der Waals surface area contributed by atoms with Gasteiger partial charge in [0, 0.05) is 24.2 Å². The predicted octanol–water partition coefficient (Wildman–Crippen LogP) is 2.01. The van der Waals surface area contributed by atoms with E-state index in [1.807, 2.05) is 13.8 Å². The number of aliphatic hydroxyl groups is 1. The largest absolute Gasteiger partial charge is 0.386 e. The Labute approximate surface area is 133 Å². The van der Waals surface area contributed by atoms with Gasteiger partial charge in [-0.3, -0.25) is 0 Å². The van der Waals surface area contributed by atoms with Gasteiger partial charge in [-0.05, 0) is 26.3 Å². The van der Waals surface area contributed by atoms with E-state index in [9.17, 15) is 14.3 Å². The summed E-state index contributed by atoms with van der Waals surface area (Å²) in [5.74, 6) is 0.236. The van der Waals surface area contributed by atoms with Gasteiger partial charge >= 0.3 is 6.03 Å². The fourth-order valence-electron chi connectivity index (χ4n) is 2.27. The molecule has 2 aromatic rings. The molecule has 2 amide bonds. The summed E-state index contributed by atoms with van der Waals surface area (Å²) < 4.78 is 18.5. The molecule has 0 radical (unpaired) electrons. The van der Waals surface area contributed by atoms with Gasteiger partial charge in [-0.15, -0.1) is 0 Å². The molecule has 1 aromatic heterocycles. The van der Waals surface area contributed by atoms with Crippen molar-refractivity contribution in [3.05, 3.63) is 52.7 Å². The smallest absolute Gasteiger partial charge is 0.314 e. The van der Waals surface area contributed by atoms with Crippen molar-refractivity contribution in [1.82, 2.24) is 15.8 Å². The normalized spacial score (nSPS) is 12.0. The van der Waals surface area contributed by atoms with Crippen LogP contribution in [0.25, 0.3) is 0 Å². The average Bonchev–Trinajstić information content (AvgIpc) is 2.85. The Hall–Kier alpha value is -2.41. The maximum Gasteiger partial charge on any atom is 0.314 e. The summed E-state index contributed by atoms with van der Waals surface area (Å²) in [6, 6.07) is 5.50. The van der Waals surface area contributed by atoms with Crippen molar-refractivity contribution in [2.45, 2.75) is 26.4 Å². The number of hydrogen-bond acceptors (Lipinski definition) is 4. The van der Waals surface area contributed by atoms with Crippen molar-refractivity contribution < 1.29 is 18.8 Å². The highest BCUT2D eigenvalue weighted by Gasteiger charge is 2.13. The number of benzene rings is 1. The summed E-state index contributed by atoms with van der Waals surface area (Å²) in [4.78, 5) is 11.7. The van der Waals surface area contributed by atoms with Crippen LogP contribution >= 0.6 is 0 Å². The summed E-state index contributed by atoms with van der Waals surface area (Å²) in [6.45, 7) is 4.00. The zero-order chi connectivity index (χ0) is 16.8. The van der Waals surface area contributed by atoms with E-state index in [4.69, 9.17) is 4.52 Å². The first-order chi connectivity index (χ1) is 11.0. The molecule has 2 rings (SSSR count). The molecule has 0 saturated heterocycles. The molecule has 1 aromatic carbocycles. The number of hydrogen-bond donors (Lipinski definition) is 3. The molecule has 0 aliphatic rings. The third kappa shape index (κ3) is 4.53. The number of rotatable bonds is 6. The molecular formula is C16H20FN3O3. The zero-order valence-corrected chi connectivity index (χ0v) is 13.1. The Balaban J connectivity index is 1.74. The van der Waals surface area contributed by atoms with Crippen LogP contribution in [0.15, 0.2) is 28.8 Å². The van der Waals surface area contributed by atoms with Gasteiger partial charge in [-0.25, -0.2) is 9.18 Å². The van der Waals surface area contributed by atoms with Crippen molar-refractivity contribution >= 4 is 6.03 Å². The third-order valence-corrected chi connectivity index (χ3v) is 3.56. The Morgan fingerprint density at radius 2 is 2.09 bits per heavy atom. The monoisotopic (exact) mass is 321 g/mol. The number of aryl methyl sites for hydroxylation is 2. The molecule has 124 valence electrons. The standard InChI is InChI=1S/C16H20FN3O3/c1-10-12(11(2)23-20-10)7-8-18-16(22)19-9-15(21)13-5-3-4-6-14(13)17/h3-6,15,21H,7-9H2,1-2H3,(H2,18,19,22). The topological polar surface area (TPSA) is 87.4 Å². The van der Waals surface area contributed by atoms with E-state index in [0.29, 0.717) is 13.0 Å². The van der Waals surface area contributed by atoms with Crippen LogP contribution in [0.3, 0.4) is 0 Å². The second-order valence-electron chi connectivity index (χ2n) is 5.23. The van der Waals surface area contributed by atoms with Crippen molar-refractivity contribution in [3.8, 4) is 0 Å². The SMILES string of the molecule is Cc1noc(C)c1CCNC(=O)NCC(O)c1ccccc1F. The van der Waals surface area contributed by atoms with Gasteiger partial charge in [0.15, 0.2) is 0 Å². The lowest BCUT2D eigenvalue weighted by Gasteiger charge is -2.13. The van der Waals surface area contributed by atoms with Gasteiger partial charge in [-0.2, -0.15) is 0 Å². The van der Waals surface area contributed by atoms with Crippen LogP contribution in [0.4, 0.5) is 9.18 Å². The van der Waals surface area contributed by atoms with Crippen molar-refractivity contribution in [2.24, 2.45) is 0 Å². The first-order valence-electron chi connectivity index (χ1n) is 7.35. The lowest BCUT2D eigenvalue weighted by atomic mass is 10.1. The average molecular weight is 321 g/mol. The van der Waals surface area contributed by atoms with Crippen LogP contribution < -0.4 is 10.6 Å². The third-order valence-electron chi connectivity index (χ3n) is 3.56. The molecule has 1 heterocycles. The fraction of sp³-hybridized carbons (Fsp3) is 0.375. The number of aromatic nitrogens is 1. The molecule has 0 aliphatic carbocycles. The van der Waals surface area contributed by atoms with Crippen molar-refractivity contribution in [1.29, 1.82) is 0 Å². The number of aliphatic hydroxyl groups excluding tert-OH is 1. The van der Waals surface area contributed by atoms with Gasteiger partial charge in [0.25, 0.3) is 0 Å². The molecule has 1 atom stereocenters. The van der Waals surface area contributed by atoms with Gasteiger partial charge in [-0.1, -0.05) is 23.4 Å². The summed E-state index contributed by atoms with van der Waals surface area (Å²) in [7, 11) is 0. The number of carbonyl (C=O) groups is 1. The number of amides is 2. The van der Waals surface area contributed by atoms with E-state index in [1.54, 1.807) is 12.1 Å². The van der Waals surface area contributed by atoms with Gasteiger partial charge < -0.3 is 20.3 Å². The van der Waals surface area contributed by atoms with Crippen LogP contribution in [0, 0.1) is 19.7 Å². The maximum absolute atomic E-state index is 13.5. The molecule has 0 aliphatic heterocycles. The minimum absolute atomic E-state index is 0.0713. The minimum Gasteiger partial charge on any atom is -0.386 e. The highest BCUT2D eigenvalue weighted by atomic mass is 19.1. The Kier molecular flexibility index (Phi) is 5.70. The van der Waals surface area contributed by atoms with Crippen LogP contribution in [0.2, 0.25) is 0 Å². The summed E-state index contributed by atoms with van der Waals surface area (Å²) in [6.07, 6.45) is -0.491. The molecule has 7 heteroatoms. The second-order valence-corrected chi connectivity index (χ2v) is 5.23. The number of halogens is 1. The maximum atomic E-state index is 13.5. The molecular weight excluding hydrogens is 301 g/mol. The van der Waals surface area contributed by atoms with Gasteiger partial charge in [0.2, 0.25) is 0 Å². The fourth-order valence-corrected chi connectivity index (χ4v) is 2.27. The number of urea groups is 1. The summed E-state index contributed by atoms with van der Waals surface area (Å²) in [5.41, 5.74) is 1.93.